The molecule has 1 aliphatic rings. The summed E-state index contributed by atoms with van der Waals surface area (Å²) < 4.78 is 0. The van der Waals surface area contributed by atoms with E-state index in [-0.39, 0.29) is 0 Å². The van der Waals surface area contributed by atoms with E-state index in [1.807, 2.05) is 11.3 Å². The number of hydrogen-bond acceptors (Lipinski definition) is 1. The summed E-state index contributed by atoms with van der Waals surface area (Å²) in [5.74, 6) is 0.465. The van der Waals surface area contributed by atoms with E-state index in [4.69, 9.17) is 0 Å². The minimum atomic E-state index is 0.465. The van der Waals surface area contributed by atoms with Crippen molar-refractivity contribution in [3.63, 3.8) is 0 Å². The van der Waals surface area contributed by atoms with Gasteiger partial charge in [-0.2, -0.15) is 0 Å². The van der Waals surface area contributed by atoms with Gasteiger partial charge in [0.25, 0.3) is 0 Å². The topological polar surface area (TPSA) is 0 Å². The molecule has 162 valence electrons. The number of fused-ring (bicyclic) bond motifs is 3. The smallest absolute Gasteiger partial charge is 0.0346 e. The van der Waals surface area contributed by atoms with Gasteiger partial charge in [0, 0.05) is 15.7 Å². The lowest BCUT2D eigenvalue weighted by Gasteiger charge is -2.20. The van der Waals surface area contributed by atoms with Gasteiger partial charge in [0.2, 0.25) is 0 Å². The molecule has 0 amide bonds. The van der Waals surface area contributed by atoms with Crippen LogP contribution in [0, 0.1) is 0 Å². The zero-order valence-corrected chi connectivity index (χ0v) is 20.1. The molecule has 4 aromatic carbocycles. The van der Waals surface area contributed by atoms with Crippen molar-refractivity contribution in [3.8, 4) is 10.4 Å². The van der Waals surface area contributed by atoms with Crippen molar-refractivity contribution in [3.05, 3.63) is 112 Å². The molecule has 1 heteroatoms. The highest BCUT2D eigenvalue weighted by molar-refractivity contribution is 7.15. The van der Waals surface area contributed by atoms with Crippen LogP contribution in [0.15, 0.2) is 84.9 Å². The maximum absolute atomic E-state index is 2.45. The Labute approximate surface area is 200 Å². The molecule has 0 fully saturated rings. The Kier molecular flexibility index (Phi) is 5.15. The van der Waals surface area contributed by atoms with Gasteiger partial charge in [-0.05, 0) is 86.8 Å². The summed E-state index contributed by atoms with van der Waals surface area (Å²) in [7, 11) is 0. The summed E-state index contributed by atoms with van der Waals surface area (Å²) in [6.45, 7) is 4.57. The molecule has 0 spiro atoms. The molecule has 0 bridgehead atoms. The largest absolute Gasteiger partial charge is 0.140 e. The number of thiophene rings is 1. The Morgan fingerprint density at radius 2 is 1.42 bits per heavy atom. The third kappa shape index (κ3) is 3.34. The molecule has 0 saturated carbocycles. The van der Waals surface area contributed by atoms with Gasteiger partial charge in [0.1, 0.15) is 0 Å². The highest BCUT2D eigenvalue weighted by Crippen LogP contribution is 2.42. The van der Waals surface area contributed by atoms with Gasteiger partial charge in [-0.1, -0.05) is 86.7 Å². The highest BCUT2D eigenvalue weighted by atomic mass is 32.1. The van der Waals surface area contributed by atoms with E-state index in [9.17, 15) is 0 Å². The molecule has 1 atom stereocenters. The van der Waals surface area contributed by atoms with Gasteiger partial charge in [0.05, 0.1) is 0 Å². The lowest BCUT2D eigenvalue weighted by atomic mass is 9.86. The minimum absolute atomic E-state index is 0.465. The first kappa shape index (κ1) is 20.4. The fraction of sp³-hybridized carbons (Fsp3) is 0.188. The van der Waals surface area contributed by atoms with Gasteiger partial charge in [-0.25, -0.2) is 0 Å². The van der Waals surface area contributed by atoms with E-state index in [0.29, 0.717) is 5.92 Å². The van der Waals surface area contributed by atoms with Crippen LogP contribution in [0.3, 0.4) is 0 Å². The quantitative estimate of drug-likeness (QED) is 0.242. The molecule has 0 radical (unpaired) electrons. The molecule has 1 aromatic heterocycles. The summed E-state index contributed by atoms with van der Waals surface area (Å²) >= 11 is 1.96. The minimum Gasteiger partial charge on any atom is -0.140 e. The Balaban J connectivity index is 1.48. The second-order valence-corrected chi connectivity index (χ2v) is 10.1. The van der Waals surface area contributed by atoms with Crippen molar-refractivity contribution in [2.45, 2.75) is 39.0 Å². The molecule has 1 unspecified atom stereocenters. The fourth-order valence-corrected chi connectivity index (χ4v) is 6.81. The number of allylic oxidation sites excluding steroid dienone is 1. The van der Waals surface area contributed by atoms with Crippen LogP contribution in [0.1, 0.15) is 53.3 Å². The first-order chi connectivity index (χ1) is 16.3. The molecule has 0 N–H and O–H groups in total. The normalized spacial score (nSPS) is 15.3. The standard InChI is InChI=1S/C32H28S/c1-3-23-26-13-7-8-14-27(26)24(4-2)30-20-22(16-17-28(23)30)31-18-19-32(33-31)29-15-9-11-21-10-5-6-12-25(21)29/h5-14,16-20,29H,3-4,15H2,1-2H3. The predicted molar refractivity (Wildman–Crippen MR) is 145 cm³/mol. The maximum Gasteiger partial charge on any atom is 0.0346 e. The molecular formula is C32H28S. The van der Waals surface area contributed by atoms with Gasteiger partial charge >= 0.3 is 0 Å². The van der Waals surface area contributed by atoms with Crippen LogP contribution in [0.4, 0.5) is 0 Å². The molecule has 1 heterocycles. The number of aryl methyl sites for hydroxylation is 2. The van der Waals surface area contributed by atoms with Crippen LogP contribution < -0.4 is 0 Å². The number of benzene rings is 4. The molecule has 0 nitrogen and oxygen atoms in total. The van der Waals surface area contributed by atoms with E-state index in [2.05, 4.69) is 105 Å². The van der Waals surface area contributed by atoms with Crippen LogP contribution in [-0.4, -0.2) is 0 Å². The van der Waals surface area contributed by atoms with E-state index in [0.717, 1.165) is 19.3 Å². The van der Waals surface area contributed by atoms with Crippen molar-refractivity contribution >= 4 is 39.0 Å². The number of hydrogen-bond donors (Lipinski definition) is 0. The van der Waals surface area contributed by atoms with Gasteiger partial charge in [-0.3, -0.25) is 0 Å². The Morgan fingerprint density at radius 3 is 2.21 bits per heavy atom. The summed E-state index contributed by atoms with van der Waals surface area (Å²) in [4.78, 5) is 2.83. The van der Waals surface area contributed by atoms with Gasteiger partial charge in [-0.15, -0.1) is 11.3 Å². The predicted octanol–water partition coefficient (Wildman–Crippen LogP) is 9.40. The van der Waals surface area contributed by atoms with Crippen LogP contribution in [-0.2, 0) is 12.8 Å². The highest BCUT2D eigenvalue weighted by Gasteiger charge is 2.21. The van der Waals surface area contributed by atoms with Crippen molar-refractivity contribution in [2.75, 3.05) is 0 Å². The van der Waals surface area contributed by atoms with Crippen molar-refractivity contribution in [1.82, 2.24) is 0 Å². The Hall–Kier alpha value is -3.16. The SMILES string of the molecule is CCc1c2ccccc2c(CC)c2cc(-c3ccc(C4CC=Cc5ccccc54)s3)ccc12. The Bertz CT molecular complexity index is 1510. The third-order valence-electron chi connectivity index (χ3n) is 7.25. The summed E-state index contributed by atoms with van der Waals surface area (Å²) in [6.07, 6.45) is 7.78. The van der Waals surface area contributed by atoms with Crippen molar-refractivity contribution in [1.29, 1.82) is 0 Å². The zero-order valence-electron chi connectivity index (χ0n) is 19.3. The average molecular weight is 445 g/mol. The molecule has 5 aromatic rings. The second kappa shape index (κ2) is 8.32. The first-order valence-electron chi connectivity index (χ1n) is 12.1. The maximum atomic E-state index is 2.45. The first-order valence-corrected chi connectivity index (χ1v) is 12.9. The van der Waals surface area contributed by atoms with Crippen LogP contribution >= 0.6 is 11.3 Å². The molecule has 0 saturated heterocycles. The summed E-state index contributed by atoms with van der Waals surface area (Å²) in [5.41, 5.74) is 7.11. The van der Waals surface area contributed by atoms with Crippen LogP contribution in [0.5, 0.6) is 0 Å². The molecule has 0 aliphatic heterocycles. The second-order valence-electron chi connectivity index (χ2n) is 8.99. The fourth-order valence-electron chi connectivity index (χ4n) is 5.67. The van der Waals surface area contributed by atoms with Crippen molar-refractivity contribution < 1.29 is 0 Å². The molecule has 1 aliphatic carbocycles. The van der Waals surface area contributed by atoms with Gasteiger partial charge in [0.15, 0.2) is 0 Å². The van der Waals surface area contributed by atoms with Gasteiger partial charge < -0.3 is 0 Å². The van der Waals surface area contributed by atoms with Crippen molar-refractivity contribution in [2.24, 2.45) is 0 Å². The molecule has 33 heavy (non-hydrogen) atoms. The van der Waals surface area contributed by atoms with E-state index >= 15 is 0 Å². The molecular weight excluding hydrogens is 416 g/mol. The summed E-state index contributed by atoms with van der Waals surface area (Å²) in [6, 6.07) is 29.6. The summed E-state index contributed by atoms with van der Waals surface area (Å²) in [5, 5.41) is 5.67. The van der Waals surface area contributed by atoms with E-state index in [1.165, 1.54) is 59.1 Å². The monoisotopic (exact) mass is 444 g/mol. The zero-order chi connectivity index (χ0) is 22.4. The number of rotatable bonds is 4. The van der Waals surface area contributed by atoms with E-state index < -0.39 is 0 Å². The Morgan fingerprint density at radius 1 is 0.727 bits per heavy atom. The lowest BCUT2D eigenvalue weighted by molar-refractivity contribution is 0.837. The average Bonchev–Trinajstić information content (AvgIpc) is 3.36. The van der Waals surface area contributed by atoms with Crippen LogP contribution in [0.2, 0.25) is 0 Å². The third-order valence-corrected chi connectivity index (χ3v) is 8.50. The molecule has 6 rings (SSSR count). The van der Waals surface area contributed by atoms with Crippen LogP contribution in [0.25, 0.3) is 38.1 Å². The van der Waals surface area contributed by atoms with E-state index in [1.54, 1.807) is 0 Å². The lowest BCUT2D eigenvalue weighted by Crippen LogP contribution is -2.03.